The summed E-state index contributed by atoms with van der Waals surface area (Å²) in [5.74, 6) is 1.61. The highest BCUT2D eigenvalue weighted by atomic mass is 16.5. The van der Waals surface area contributed by atoms with Crippen molar-refractivity contribution in [1.82, 2.24) is 10.3 Å². The normalized spacial score (nSPS) is 17.7. The molecule has 0 saturated carbocycles. The zero-order valence-electron chi connectivity index (χ0n) is 10.1. The summed E-state index contributed by atoms with van der Waals surface area (Å²) >= 11 is 0. The second-order valence-electron chi connectivity index (χ2n) is 4.60. The van der Waals surface area contributed by atoms with E-state index in [1.807, 2.05) is 18.5 Å². The van der Waals surface area contributed by atoms with Crippen LogP contribution in [0.3, 0.4) is 0 Å². The predicted octanol–water partition coefficient (Wildman–Crippen LogP) is 2.34. The summed E-state index contributed by atoms with van der Waals surface area (Å²) in [5, 5.41) is 3.38. The lowest BCUT2D eigenvalue weighted by molar-refractivity contribution is 0.237. The predicted molar refractivity (Wildman–Crippen MR) is 64.8 cm³/mol. The smallest absolute Gasteiger partial charge is 0.126 e. The minimum atomic E-state index is 0.225. The van der Waals surface area contributed by atoms with Crippen molar-refractivity contribution in [2.24, 2.45) is 0 Å². The van der Waals surface area contributed by atoms with E-state index in [0.717, 1.165) is 18.8 Å². The third-order valence-corrected chi connectivity index (χ3v) is 2.95. The maximum absolute atomic E-state index is 5.84. The van der Waals surface area contributed by atoms with Gasteiger partial charge in [0.15, 0.2) is 0 Å². The number of nitrogens with zero attached hydrogens (tertiary/aromatic N) is 1. The number of hydrogen-bond acceptors (Lipinski definition) is 3. The van der Waals surface area contributed by atoms with Crippen LogP contribution >= 0.6 is 0 Å². The third kappa shape index (κ3) is 2.73. The molecule has 0 amide bonds. The van der Waals surface area contributed by atoms with Crippen LogP contribution in [0, 0.1) is 0 Å². The van der Waals surface area contributed by atoms with Gasteiger partial charge in [0.2, 0.25) is 0 Å². The molecule has 0 bridgehead atoms. The van der Waals surface area contributed by atoms with Gasteiger partial charge >= 0.3 is 0 Å². The van der Waals surface area contributed by atoms with Crippen molar-refractivity contribution < 1.29 is 4.74 Å². The van der Waals surface area contributed by atoms with Gasteiger partial charge in [-0.25, -0.2) is 0 Å². The SMILES string of the molecule is CC(C)Oc1ccncc1C1CCNCC1. The molecule has 1 aromatic heterocycles. The molecule has 3 heteroatoms. The van der Waals surface area contributed by atoms with E-state index >= 15 is 0 Å². The Hall–Kier alpha value is -1.09. The number of piperidine rings is 1. The van der Waals surface area contributed by atoms with Crippen LogP contribution in [-0.4, -0.2) is 24.2 Å². The van der Waals surface area contributed by atoms with E-state index in [-0.39, 0.29) is 6.10 Å². The van der Waals surface area contributed by atoms with Crippen molar-refractivity contribution in [1.29, 1.82) is 0 Å². The monoisotopic (exact) mass is 220 g/mol. The van der Waals surface area contributed by atoms with Crippen LogP contribution in [0.25, 0.3) is 0 Å². The van der Waals surface area contributed by atoms with Crippen molar-refractivity contribution in [3.05, 3.63) is 24.0 Å². The zero-order valence-corrected chi connectivity index (χ0v) is 10.1. The van der Waals surface area contributed by atoms with Crippen LogP contribution in [0.5, 0.6) is 5.75 Å². The quantitative estimate of drug-likeness (QED) is 0.849. The Morgan fingerprint density at radius 1 is 1.38 bits per heavy atom. The lowest BCUT2D eigenvalue weighted by Gasteiger charge is -2.25. The van der Waals surface area contributed by atoms with E-state index in [1.54, 1.807) is 0 Å². The first-order chi connectivity index (χ1) is 7.77. The fourth-order valence-electron chi connectivity index (χ4n) is 2.19. The van der Waals surface area contributed by atoms with Gasteiger partial charge in [-0.05, 0) is 51.8 Å². The molecule has 1 aliphatic rings. The molecule has 2 rings (SSSR count). The second-order valence-corrected chi connectivity index (χ2v) is 4.60. The van der Waals surface area contributed by atoms with E-state index < -0.39 is 0 Å². The van der Waals surface area contributed by atoms with Gasteiger partial charge in [0.1, 0.15) is 5.75 Å². The van der Waals surface area contributed by atoms with Crippen LogP contribution in [0.4, 0.5) is 0 Å². The summed E-state index contributed by atoms with van der Waals surface area (Å²) in [4.78, 5) is 4.23. The van der Waals surface area contributed by atoms with Crippen molar-refractivity contribution in [3.63, 3.8) is 0 Å². The van der Waals surface area contributed by atoms with Crippen molar-refractivity contribution in [2.45, 2.75) is 38.7 Å². The molecule has 1 N–H and O–H groups in total. The minimum absolute atomic E-state index is 0.225. The highest BCUT2D eigenvalue weighted by Gasteiger charge is 2.19. The Balaban J connectivity index is 2.17. The first kappa shape index (κ1) is 11.4. The van der Waals surface area contributed by atoms with Crippen molar-refractivity contribution in [3.8, 4) is 5.75 Å². The van der Waals surface area contributed by atoms with Gasteiger partial charge in [0.05, 0.1) is 6.10 Å². The topological polar surface area (TPSA) is 34.1 Å². The molecule has 2 heterocycles. The highest BCUT2D eigenvalue weighted by Crippen LogP contribution is 2.32. The number of rotatable bonds is 3. The number of hydrogen-bond donors (Lipinski definition) is 1. The Morgan fingerprint density at radius 2 is 2.12 bits per heavy atom. The molecule has 1 fully saturated rings. The number of ether oxygens (including phenoxy) is 1. The molecular weight excluding hydrogens is 200 g/mol. The van der Waals surface area contributed by atoms with E-state index in [4.69, 9.17) is 4.74 Å². The van der Waals surface area contributed by atoms with Gasteiger partial charge in [-0.2, -0.15) is 0 Å². The number of aromatic nitrogens is 1. The molecule has 0 unspecified atom stereocenters. The maximum Gasteiger partial charge on any atom is 0.126 e. The molecular formula is C13H20N2O. The van der Waals surface area contributed by atoms with Gasteiger partial charge < -0.3 is 10.1 Å². The van der Waals surface area contributed by atoms with Gasteiger partial charge in [0.25, 0.3) is 0 Å². The molecule has 0 atom stereocenters. The van der Waals surface area contributed by atoms with E-state index in [0.29, 0.717) is 5.92 Å². The van der Waals surface area contributed by atoms with Crippen LogP contribution in [0.15, 0.2) is 18.5 Å². The lowest BCUT2D eigenvalue weighted by atomic mass is 9.91. The van der Waals surface area contributed by atoms with Crippen LogP contribution in [-0.2, 0) is 0 Å². The van der Waals surface area contributed by atoms with Crippen LogP contribution in [0.1, 0.15) is 38.2 Å². The second kappa shape index (κ2) is 5.30. The van der Waals surface area contributed by atoms with Gasteiger partial charge in [-0.3, -0.25) is 4.98 Å². The molecule has 3 nitrogen and oxygen atoms in total. The molecule has 88 valence electrons. The first-order valence-electron chi connectivity index (χ1n) is 6.08. The zero-order chi connectivity index (χ0) is 11.4. The lowest BCUT2D eigenvalue weighted by Crippen LogP contribution is -2.27. The summed E-state index contributed by atoms with van der Waals surface area (Å²) in [5.41, 5.74) is 1.28. The standard InChI is InChI=1S/C13H20N2O/c1-10(2)16-13-5-8-15-9-12(13)11-3-6-14-7-4-11/h5,8-11,14H,3-4,6-7H2,1-2H3. The van der Waals surface area contributed by atoms with E-state index in [2.05, 4.69) is 24.1 Å². The van der Waals surface area contributed by atoms with Crippen LogP contribution < -0.4 is 10.1 Å². The average molecular weight is 220 g/mol. The molecule has 1 saturated heterocycles. The molecule has 1 aliphatic heterocycles. The fraction of sp³-hybridized carbons (Fsp3) is 0.615. The summed E-state index contributed by atoms with van der Waals surface area (Å²) in [6, 6.07) is 1.98. The Morgan fingerprint density at radius 3 is 2.81 bits per heavy atom. The van der Waals surface area contributed by atoms with E-state index in [1.165, 1.54) is 18.4 Å². The van der Waals surface area contributed by atoms with Crippen molar-refractivity contribution in [2.75, 3.05) is 13.1 Å². The summed E-state index contributed by atoms with van der Waals surface area (Å²) in [7, 11) is 0. The molecule has 0 aromatic carbocycles. The molecule has 0 radical (unpaired) electrons. The molecule has 0 aliphatic carbocycles. The largest absolute Gasteiger partial charge is 0.491 e. The summed E-state index contributed by atoms with van der Waals surface area (Å²) in [6.07, 6.45) is 6.36. The maximum atomic E-state index is 5.84. The van der Waals surface area contributed by atoms with E-state index in [9.17, 15) is 0 Å². The van der Waals surface area contributed by atoms with Gasteiger partial charge in [-0.1, -0.05) is 0 Å². The number of nitrogens with one attached hydrogen (secondary N) is 1. The Kier molecular flexibility index (Phi) is 3.78. The summed E-state index contributed by atoms with van der Waals surface area (Å²) in [6.45, 7) is 6.32. The highest BCUT2D eigenvalue weighted by molar-refractivity contribution is 5.33. The Labute approximate surface area is 97.2 Å². The van der Waals surface area contributed by atoms with Gasteiger partial charge in [-0.15, -0.1) is 0 Å². The molecule has 16 heavy (non-hydrogen) atoms. The third-order valence-electron chi connectivity index (χ3n) is 2.95. The molecule has 0 spiro atoms. The average Bonchev–Trinajstić information content (AvgIpc) is 2.30. The molecule has 1 aromatic rings. The summed E-state index contributed by atoms with van der Waals surface area (Å²) < 4.78 is 5.84. The van der Waals surface area contributed by atoms with Gasteiger partial charge in [0, 0.05) is 18.0 Å². The number of pyridine rings is 1. The fourth-order valence-corrected chi connectivity index (χ4v) is 2.19. The van der Waals surface area contributed by atoms with Crippen molar-refractivity contribution >= 4 is 0 Å². The minimum Gasteiger partial charge on any atom is -0.491 e. The first-order valence-corrected chi connectivity index (χ1v) is 6.08. The van der Waals surface area contributed by atoms with Crippen LogP contribution in [0.2, 0.25) is 0 Å². The Bertz CT molecular complexity index is 332.